The fourth-order valence-corrected chi connectivity index (χ4v) is 2.32. The molecule has 0 fully saturated rings. The van der Waals surface area contributed by atoms with Crippen molar-refractivity contribution in [2.24, 2.45) is 5.73 Å². The molecular formula is C12H22N4O2S. The normalized spacial score (nSPS) is 13.6. The molecule has 108 valence electrons. The van der Waals surface area contributed by atoms with Crippen LogP contribution in [0.15, 0.2) is 23.2 Å². The Hall–Kier alpha value is -1.18. The first-order valence-electron chi connectivity index (χ1n) is 6.10. The zero-order valence-corrected chi connectivity index (χ0v) is 12.7. The minimum absolute atomic E-state index is 0.135. The molecule has 1 atom stereocenters. The van der Waals surface area contributed by atoms with E-state index in [-0.39, 0.29) is 10.9 Å². The van der Waals surface area contributed by atoms with Crippen molar-refractivity contribution in [3.8, 4) is 0 Å². The van der Waals surface area contributed by atoms with Crippen molar-refractivity contribution in [2.45, 2.75) is 24.3 Å². The smallest absolute Gasteiger partial charge is 0.244 e. The lowest BCUT2D eigenvalue weighted by atomic mass is 10.2. The van der Waals surface area contributed by atoms with Gasteiger partial charge < -0.3 is 10.6 Å². The molecule has 6 nitrogen and oxygen atoms in total. The molecule has 19 heavy (non-hydrogen) atoms. The summed E-state index contributed by atoms with van der Waals surface area (Å²) in [6.07, 6.45) is 2.24. The van der Waals surface area contributed by atoms with Gasteiger partial charge in [0.05, 0.1) is 0 Å². The third-order valence-electron chi connectivity index (χ3n) is 2.81. The Morgan fingerprint density at radius 1 is 1.32 bits per heavy atom. The van der Waals surface area contributed by atoms with E-state index in [2.05, 4.69) is 4.98 Å². The molecule has 1 heterocycles. The summed E-state index contributed by atoms with van der Waals surface area (Å²) >= 11 is 0. The van der Waals surface area contributed by atoms with Crippen molar-refractivity contribution < 1.29 is 8.42 Å². The molecule has 0 aliphatic heterocycles. The number of sulfonamides is 1. The largest absolute Gasteiger partial charge is 0.360 e. The Kier molecular flexibility index (Phi) is 5.28. The van der Waals surface area contributed by atoms with Crippen molar-refractivity contribution in [1.82, 2.24) is 9.29 Å². The first-order chi connectivity index (χ1) is 8.75. The van der Waals surface area contributed by atoms with Gasteiger partial charge in [-0.25, -0.2) is 17.7 Å². The van der Waals surface area contributed by atoms with Crippen molar-refractivity contribution in [3.05, 3.63) is 18.3 Å². The minimum Gasteiger partial charge on any atom is -0.360 e. The number of nitrogens with zero attached hydrogens (tertiary/aromatic N) is 3. The van der Waals surface area contributed by atoms with Gasteiger partial charge in [-0.3, -0.25) is 0 Å². The maximum Gasteiger partial charge on any atom is 0.244 e. The van der Waals surface area contributed by atoms with Gasteiger partial charge in [0.2, 0.25) is 10.0 Å². The van der Waals surface area contributed by atoms with Crippen LogP contribution in [0, 0.1) is 0 Å². The standard InChI is InChI=1S/C12H22N4O2S/c1-10(13)7-8-16(4)12-6-5-11(9-14-12)19(17,18)15(2)3/h5-6,9-10H,7-8,13H2,1-4H3. The minimum atomic E-state index is -3.41. The highest BCUT2D eigenvalue weighted by Gasteiger charge is 2.17. The predicted molar refractivity (Wildman–Crippen MR) is 76.6 cm³/mol. The third-order valence-corrected chi connectivity index (χ3v) is 4.61. The van der Waals surface area contributed by atoms with Crippen molar-refractivity contribution >= 4 is 15.8 Å². The molecule has 0 radical (unpaired) electrons. The van der Waals surface area contributed by atoms with Crippen LogP contribution in [0.4, 0.5) is 5.82 Å². The van der Waals surface area contributed by atoms with Gasteiger partial charge in [-0.15, -0.1) is 0 Å². The average molecular weight is 286 g/mol. The molecule has 0 spiro atoms. The maximum atomic E-state index is 11.9. The summed E-state index contributed by atoms with van der Waals surface area (Å²) in [7, 11) is 1.49. The zero-order chi connectivity index (χ0) is 14.6. The highest BCUT2D eigenvalue weighted by atomic mass is 32.2. The second-order valence-corrected chi connectivity index (χ2v) is 6.98. The Morgan fingerprint density at radius 3 is 2.37 bits per heavy atom. The van der Waals surface area contributed by atoms with Crippen LogP contribution < -0.4 is 10.6 Å². The number of anilines is 1. The van der Waals surface area contributed by atoms with Gasteiger partial charge >= 0.3 is 0 Å². The van der Waals surface area contributed by atoms with E-state index >= 15 is 0 Å². The summed E-state index contributed by atoms with van der Waals surface area (Å²) in [5, 5.41) is 0. The Morgan fingerprint density at radius 2 is 1.95 bits per heavy atom. The van der Waals surface area contributed by atoms with Gasteiger partial charge in [0, 0.05) is 39.9 Å². The quantitative estimate of drug-likeness (QED) is 0.824. The number of rotatable bonds is 6. The first kappa shape index (κ1) is 15.9. The van der Waals surface area contributed by atoms with Crippen molar-refractivity contribution in [2.75, 3.05) is 32.6 Å². The average Bonchev–Trinajstić information content (AvgIpc) is 2.35. The topological polar surface area (TPSA) is 79.5 Å². The van der Waals surface area contributed by atoms with Gasteiger partial charge in [0.1, 0.15) is 10.7 Å². The molecular weight excluding hydrogens is 264 g/mol. The monoisotopic (exact) mass is 286 g/mol. The molecule has 0 bridgehead atoms. The summed E-state index contributed by atoms with van der Waals surface area (Å²) in [6.45, 7) is 2.73. The van der Waals surface area contributed by atoms with Crippen LogP contribution in [0.25, 0.3) is 0 Å². The molecule has 0 amide bonds. The highest BCUT2D eigenvalue weighted by Crippen LogP contribution is 2.16. The Bertz CT molecular complexity index is 497. The Labute approximate surface area is 115 Å². The van der Waals surface area contributed by atoms with E-state index in [4.69, 9.17) is 5.73 Å². The maximum absolute atomic E-state index is 11.9. The SMILES string of the molecule is CC(N)CCN(C)c1ccc(S(=O)(=O)N(C)C)cn1. The molecule has 0 saturated heterocycles. The summed E-state index contributed by atoms with van der Waals surface area (Å²) in [5.41, 5.74) is 5.70. The first-order valence-corrected chi connectivity index (χ1v) is 7.54. The number of hydrogen-bond acceptors (Lipinski definition) is 5. The summed E-state index contributed by atoms with van der Waals surface area (Å²) < 4.78 is 24.9. The third kappa shape index (κ3) is 4.15. The van der Waals surface area contributed by atoms with E-state index in [1.807, 2.05) is 18.9 Å². The van der Waals surface area contributed by atoms with E-state index in [1.165, 1.54) is 24.6 Å². The van der Waals surface area contributed by atoms with Crippen LogP contribution in [-0.4, -0.2) is 51.4 Å². The van der Waals surface area contributed by atoms with Crippen LogP contribution in [0.1, 0.15) is 13.3 Å². The fourth-order valence-electron chi connectivity index (χ4n) is 1.47. The van der Waals surface area contributed by atoms with Crippen LogP contribution in [-0.2, 0) is 10.0 Å². The van der Waals surface area contributed by atoms with Crippen LogP contribution in [0.2, 0.25) is 0 Å². The molecule has 0 aromatic carbocycles. The van der Waals surface area contributed by atoms with E-state index in [0.717, 1.165) is 18.8 Å². The number of pyridine rings is 1. The number of aromatic nitrogens is 1. The fraction of sp³-hybridized carbons (Fsp3) is 0.583. The molecule has 1 aromatic rings. The molecule has 1 rings (SSSR count). The van der Waals surface area contributed by atoms with E-state index in [9.17, 15) is 8.42 Å². The van der Waals surface area contributed by atoms with Crippen LogP contribution in [0.3, 0.4) is 0 Å². The molecule has 0 saturated carbocycles. The lowest BCUT2D eigenvalue weighted by Gasteiger charge is -2.19. The molecule has 2 N–H and O–H groups in total. The highest BCUT2D eigenvalue weighted by molar-refractivity contribution is 7.89. The van der Waals surface area contributed by atoms with Crippen LogP contribution >= 0.6 is 0 Å². The number of hydrogen-bond donors (Lipinski definition) is 1. The van der Waals surface area contributed by atoms with Gasteiger partial charge in [-0.1, -0.05) is 0 Å². The van der Waals surface area contributed by atoms with E-state index in [0.29, 0.717) is 0 Å². The second-order valence-electron chi connectivity index (χ2n) is 4.83. The zero-order valence-electron chi connectivity index (χ0n) is 11.9. The lowest BCUT2D eigenvalue weighted by Crippen LogP contribution is -2.26. The van der Waals surface area contributed by atoms with Gasteiger partial charge in [-0.2, -0.15) is 0 Å². The van der Waals surface area contributed by atoms with E-state index in [1.54, 1.807) is 12.1 Å². The summed E-state index contributed by atoms with van der Waals surface area (Å²) in [6, 6.07) is 3.41. The van der Waals surface area contributed by atoms with Gasteiger partial charge in [0.25, 0.3) is 0 Å². The van der Waals surface area contributed by atoms with Crippen molar-refractivity contribution in [1.29, 1.82) is 0 Å². The lowest BCUT2D eigenvalue weighted by molar-refractivity contribution is 0.520. The predicted octanol–water partition coefficient (Wildman–Crippen LogP) is 0.505. The second kappa shape index (κ2) is 6.31. The molecule has 7 heteroatoms. The van der Waals surface area contributed by atoms with Gasteiger partial charge in [0.15, 0.2) is 0 Å². The summed E-state index contributed by atoms with van der Waals surface area (Å²) in [5.74, 6) is 0.735. The summed E-state index contributed by atoms with van der Waals surface area (Å²) in [4.78, 5) is 6.33. The molecule has 0 aliphatic carbocycles. The van der Waals surface area contributed by atoms with Gasteiger partial charge in [-0.05, 0) is 25.5 Å². The van der Waals surface area contributed by atoms with E-state index < -0.39 is 10.0 Å². The van der Waals surface area contributed by atoms with Crippen LogP contribution in [0.5, 0.6) is 0 Å². The molecule has 0 aliphatic rings. The molecule has 1 unspecified atom stereocenters. The number of nitrogens with two attached hydrogens (primary N) is 1. The molecule has 1 aromatic heterocycles. The van der Waals surface area contributed by atoms with Crippen molar-refractivity contribution in [3.63, 3.8) is 0 Å². The Balaban J connectivity index is 2.82.